The van der Waals surface area contributed by atoms with Gasteiger partial charge >= 0.3 is 0 Å². The summed E-state index contributed by atoms with van der Waals surface area (Å²) in [5.74, 6) is -0.148. The molecule has 1 amide bonds. The van der Waals surface area contributed by atoms with Gasteiger partial charge in [-0.25, -0.2) is 4.98 Å². The molecule has 1 aliphatic rings. The normalized spacial score (nSPS) is 14.5. The van der Waals surface area contributed by atoms with Gasteiger partial charge in [-0.3, -0.25) is 4.79 Å². The minimum absolute atomic E-state index is 0.0426. The lowest BCUT2D eigenvalue weighted by Crippen LogP contribution is -2.30. The molecule has 4 rings (SSSR count). The predicted molar refractivity (Wildman–Crippen MR) is 89.3 cm³/mol. The summed E-state index contributed by atoms with van der Waals surface area (Å²) >= 11 is 0. The minimum Gasteiger partial charge on any atom is -0.350 e. The summed E-state index contributed by atoms with van der Waals surface area (Å²) in [6.45, 7) is 0.485. The molecule has 0 radical (unpaired) electrons. The van der Waals surface area contributed by atoms with Crippen molar-refractivity contribution in [3.05, 3.63) is 77.7 Å². The molecule has 0 saturated heterocycles. The third kappa shape index (κ3) is 2.25. The van der Waals surface area contributed by atoms with Gasteiger partial charge in [0.2, 0.25) is 0 Å². The fourth-order valence-electron chi connectivity index (χ4n) is 3.13. The van der Waals surface area contributed by atoms with E-state index in [0.717, 1.165) is 11.3 Å². The van der Waals surface area contributed by atoms with Crippen molar-refractivity contribution in [2.24, 2.45) is 0 Å². The summed E-state index contributed by atoms with van der Waals surface area (Å²) in [7, 11) is 0. The highest BCUT2D eigenvalue weighted by atomic mass is 16.1. The quantitative estimate of drug-likeness (QED) is 0.808. The van der Waals surface area contributed by atoms with Gasteiger partial charge < -0.3 is 9.88 Å². The van der Waals surface area contributed by atoms with E-state index < -0.39 is 0 Å². The van der Waals surface area contributed by atoms with Crippen LogP contribution in [0, 0.1) is 11.3 Å². The molecule has 5 nitrogen and oxygen atoms in total. The number of rotatable bonds is 3. The molecule has 1 aliphatic heterocycles. The molecule has 5 heteroatoms. The van der Waals surface area contributed by atoms with Crippen LogP contribution in [0.25, 0.3) is 11.3 Å². The second-order valence-corrected chi connectivity index (χ2v) is 5.69. The first-order chi connectivity index (χ1) is 11.8. The van der Waals surface area contributed by atoms with Crippen molar-refractivity contribution in [2.45, 2.75) is 6.04 Å². The molecule has 1 unspecified atom stereocenters. The van der Waals surface area contributed by atoms with E-state index in [0.29, 0.717) is 17.7 Å². The van der Waals surface area contributed by atoms with Crippen molar-refractivity contribution in [1.29, 1.82) is 5.26 Å². The zero-order valence-corrected chi connectivity index (χ0v) is 12.8. The van der Waals surface area contributed by atoms with Crippen molar-refractivity contribution in [1.82, 2.24) is 14.9 Å². The SMILES string of the molecule is N#Cc1ccc(C(=O)NCC2c3ccccc3-c3cncn32)cc1. The Labute approximate surface area is 139 Å². The van der Waals surface area contributed by atoms with Gasteiger partial charge in [0, 0.05) is 17.7 Å². The smallest absolute Gasteiger partial charge is 0.251 e. The third-order valence-electron chi connectivity index (χ3n) is 4.33. The molecule has 1 N–H and O–H groups in total. The van der Waals surface area contributed by atoms with Crippen LogP contribution in [0.4, 0.5) is 0 Å². The first-order valence-electron chi connectivity index (χ1n) is 7.67. The van der Waals surface area contributed by atoms with Crippen LogP contribution in [-0.2, 0) is 0 Å². The van der Waals surface area contributed by atoms with Crippen LogP contribution in [0.1, 0.15) is 27.5 Å². The van der Waals surface area contributed by atoms with Gasteiger partial charge in [0.05, 0.1) is 35.9 Å². The number of hydrogen-bond donors (Lipinski definition) is 1. The Bertz CT molecular complexity index is 950. The maximum atomic E-state index is 12.3. The van der Waals surface area contributed by atoms with Crippen LogP contribution < -0.4 is 5.32 Å². The topological polar surface area (TPSA) is 70.7 Å². The van der Waals surface area contributed by atoms with E-state index in [-0.39, 0.29) is 11.9 Å². The third-order valence-corrected chi connectivity index (χ3v) is 4.33. The number of nitriles is 1. The van der Waals surface area contributed by atoms with E-state index in [1.807, 2.05) is 24.4 Å². The lowest BCUT2D eigenvalue weighted by Gasteiger charge is -2.15. The molecule has 2 heterocycles. The van der Waals surface area contributed by atoms with Crippen molar-refractivity contribution < 1.29 is 4.79 Å². The van der Waals surface area contributed by atoms with Crippen LogP contribution in [0.3, 0.4) is 0 Å². The fraction of sp³-hybridized carbons (Fsp3) is 0.105. The van der Waals surface area contributed by atoms with Gasteiger partial charge in [-0.05, 0) is 29.8 Å². The minimum atomic E-state index is -0.148. The number of imidazole rings is 1. The number of amides is 1. The molecule has 0 aliphatic carbocycles. The Morgan fingerprint density at radius 2 is 2.00 bits per heavy atom. The van der Waals surface area contributed by atoms with E-state index in [9.17, 15) is 4.79 Å². The van der Waals surface area contributed by atoms with Gasteiger partial charge in [-0.1, -0.05) is 24.3 Å². The van der Waals surface area contributed by atoms with Crippen LogP contribution >= 0.6 is 0 Å². The highest BCUT2D eigenvalue weighted by molar-refractivity contribution is 5.94. The Morgan fingerprint density at radius 1 is 1.21 bits per heavy atom. The van der Waals surface area contributed by atoms with E-state index in [1.165, 1.54) is 5.56 Å². The predicted octanol–water partition coefficient (Wildman–Crippen LogP) is 2.75. The summed E-state index contributed by atoms with van der Waals surface area (Å²) in [5.41, 5.74) is 4.51. The molecule has 0 saturated carbocycles. The van der Waals surface area contributed by atoms with Crippen molar-refractivity contribution in [2.75, 3.05) is 6.54 Å². The molecule has 3 aromatic rings. The van der Waals surface area contributed by atoms with E-state index in [2.05, 4.69) is 27.0 Å². The first kappa shape index (κ1) is 14.2. The molecule has 0 fully saturated rings. The molecule has 1 atom stereocenters. The second-order valence-electron chi connectivity index (χ2n) is 5.69. The first-order valence-corrected chi connectivity index (χ1v) is 7.67. The number of benzene rings is 2. The van der Waals surface area contributed by atoms with E-state index >= 15 is 0 Å². The Hall–Kier alpha value is -3.39. The van der Waals surface area contributed by atoms with E-state index in [4.69, 9.17) is 5.26 Å². The average Bonchev–Trinajstić information content (AvgIpc) is 3.21. The van der Waals surface area contributed by atoms with Crippen LogP contribution in [-0.4, -0.2) is 22.0 Å². The lowest BCUT2D eigenvalue weighted by molar-refractivity contribution is 0.0950. The zero-order valence-electron chi connectivity index (χ0n) is 12.8. The number of hydrogen-bond acceptors (Lipinski definition) is 3. The number of fused-ring (bicyclic) bond motifs is 3. The standard InChI is InChI=1S/C19H14N4O/c20-9-13-5-7-14(8-6-13)19(24)22-11-18-16-4-2-1-3-15(16)17-10-21-12-23(17)18/h1-8,10,12,18H,11H2,(H,22,24). The molecule has 24 heavy (non-hydrogen) atoms. The maximum absolute atomic E-state index is 12.3. The van der Waals surface area contributed by atoms with Gasteiger partial charge in [0.25, 0.3) is 5.91 Å². The summed E-state index contributed by atoms with van der Waals surface area (Å²) in [4.78, 5) is 16.6. The fourth-order valence-corrected chi connectivity index (χ4v) is 3.13. The lowest BCUT2D eigenvalue weighted by atomic mass is 10.0. The molecule has 1 aromatic heterocycles. The van der Waals surface area contributed by atoms with Crippen LogP contribution in [0.15, 0.2) is 61.1 Å². The summed E-state index contributed by atoms with van der Waals surface area (Å²) < 4.78 is 2.09. The van der Waals surface area contributed by atoms with Gasteiger partial charge in [-0.15, -0.1) is 0 Å². The molecule has 2 aromatic carbocycles. The molecule has 0 spiro atoms. The number of nitrogens with one attached hydrogen (secondary N) is 1. The molecular formula is C19H14N4O. The number of nitrogens with zero attached hydrogens (tertiary/aromatic N) is 3. The number of carbonyl (C=O) groups is 1. The number of aromatic nitrogens is 2. The average molecular weight is 314 g/mol. The summed E-state index contributed by atoms with van der Waals surface area (Å²) in [6, 6.07) is 16.9. The Kier molecular flexibility index (Phi) is 3.36. The molecule has 116 valence electrons. The molecule has 0 bridgehead atoms. The van der Waals surface area contributed by atoms with Crippen LogP contribution in [0.2, 0.25) is 0 Å². The maximum Gasteiger partial charge on any atom is 0.251 e. The highest BCUT2D eigenvalue weighted by Gasteiger charge is 2.28. The Balaban J connectivity index is 1.54. The van der Waals surface area contributed by atoms with Crippen molar-refractivity contribution in [3.8, 4) is 17.3 Å². The van der Waals surface area contributed by atoms with Gasteiger partial charge in [-0.2, -0.15) is 5.26 Å². The van der Waals surface area contributed by atoms with Crippen molar-refractivity contribution >= 4 is 5.91 Å². The van der Waals surface area contributed by atoms with Crippen molar-refractivity contribution in [3.63, 3.8) is 0 Å². The number of carbonyl (C=O) groups excluding carboxylic acids is 1. The second kappa shape index (κ2) is 5.67. The Morgan fingerprint density at radius 3 is 2.79 bits per heavy atom. The van der Waals surface area contributed by atoms with Crippen LogP contribution in [0.5, 0.6) is 0 Å². The monoisotopic (exact) mass is 314 g/mol. The zero-order chi connectivity index (χ0) is 16.5. The largest absolute Gasteiger partial charge is 0.350 e. The summed E-state index contributed by atoms with van der Waals surface area (Å²) in [6.07, 6.45) is 3.65. The summed E-state index contributed by atoms with van der Waals surface area (Å²) in [5, 5.41) is 11.8. The van der Waals surface area contributed by atoms with Gasteiger partial charge in [0.15, 0.2) is 0 Å². The highest BCUT2D eigenvalue weighted by Crippen LogP contribution is 2.38. The van der Waals surface area contributed by atoms with Gasteiger partial charge in [0.1, 0.15) is 0 Å². The molecular weight excluding hydrogens is 300 g/mol. The van der Waals surface area contributed by atoms with E-state index in [1.54, 1.807) is 30.6 Å².